The summed E-state index contributed by atoms with van der Waals surface area (Å²) in [5.41, 5.74) is 6.74. The van der Waals surface area contributed by atoms with Crippen molar-refractivity contribution in [1.29, 1.82) is 0 Å². The Morgan fingerprint density at radius 3 is 2.68 bits per heavy atom. The zero-order valence-electron chi connectivity index (χ0n) is 10.1. The smallest absolute Gasteiger partial charge is 0.275 e. The fraction of sp³-hybridized carbons (Fsp3) is 0.0769. The van der Waals surface area contributed by atoms with Crippen LogP contribution in [0.15, 0.2) is 40.9 Å². The van der Waals surface area contributed by atoms with Gasteiger partial charge in [0.25, 0.3) is 5.69 Å². The van der Waals surface area contributed by atoms with Crippen molar-refractivity contribution in [2.75, 3.05) is 5.73 Å². The third-order valence-corrected chi connectivity index (χ3v) is 3.00. The molecule has 0 aliphatic rings. The summed E-state index contributed by atoms with van der Waals surface area (Å²) >= 11 is 3.35. The zero-order chi connectivity index (χ0) is 14.0. The van der Waals surface area contributed by atoms with Gasteiger partial charge in [-0.05, 0) is 24.6 Å². The summed E-state index contributed by atoms with van der Waals surface area (Å²) in [5, 5.41) is 10.8. The summed E-state index contributed by atoms with van der Waals surface area (Å²) in [6, 6.07) is 9.76. The van der Waals surface area contributed by atoms with E-state index in [0.29, 0.717) is 11.5 Å². The number of non-ortho nitro benzene ring substituents is 1. The summed E-state index contributed by atoms with van der Waals surface area (Å²) in [5.74, 6) is 0.960. The Balaban J connectivity index is 2.38. The number of benzene rings is 2. The van der Waals surface area contributed by atoms with E-state index in [9.17, 15) is 10.1 Å². The highest BCUT2D eigenvalue weighted by atomic mass is 79.9. The van der Waals surface area contributed by atoms with Crippen molar-refractivity contribution in [3.05, 3.63) is 56.5 Å². The highest BCUT2D eigenvalue weighted by molar-refractivity contribution is 9.10. The second kappa shape index (κ2) is 5.27. The van der Waals surface area contributed by atoms with Crippen LogP contribution in [0, 0.1) is 17.0 Å². The number of halogens is 1. The lowest BCUT2D eigenvalue weighted by Crippen LogP contribution is -1.94. The molecule has 6 heteroatoms. The standard InChI is InChI=1S/C13H11BrN2O3/c1-8-2-3-9(14)4-13(8)19-12-6-10(15)5-11(7-12)16(17)18/h2-7H,15H2,1H3. The van der Waals surface area contributed by atoms with Gasteiger partial charge in [0.2, 0.25) is 0 Å². The Bertz CT molecular complexity index is 644. The highest BCUT2D eigenvalue weighted by Crippen LogP contribution is 2.31. The second-order valence-corrected chi connectivity index (χ2v) is 4.94. The molecule has 0 radical (unpaired) electrons. The van der Waals surface area contributed by atoms with Crippen molar-refractivity contribution in [3.8, 4) is 11.5 Å². The summed E-state index contributed by atoms with van der Waals surface area (Å²) < 4.78 is 6.51. The fourth-order valence-corrected chi connectivity index (χ4v) is 1.92. The van der Waals surface area contributed by atoms with Crippen molar-refractivity contribution in [2.45, 2.75) is 6.92 Å². The maximum atomic E-state index is 10.8. The van der Waals surface area contributed by atoms with Gasteiger partial charge in [-0.25, -0.2) is 0 Å². The van der Waals surface area contributed by atoms with E-state index in [1.807, 2.05) is 19.1 Å². The number of rotatable bonds is 3. The third-order valence-electron chi connectivity index (χ3n) is 2.50. The molecule has 5 nitrogen and oxygen atoms in total. The van der Waals surface area contributed by atoms with Crippen LogP contribution in [0.3, 0.4) is 0 Å². The predicted octanol–water partition coefficient (Wildman–Crippen LogP) is 4.04. The molecule has 2 N–H and O–H groups in total. The summed E-state index contributed by atoms with van der Waals surface area (Å²) in [4.78, 5) is 10.3. The van der Waals surface area contributed by atoms with Crippen molar-refractivity contribution >= 4 is 27.3 Å². The van der Waals surface area contributed by atoms with Crippen LogP contribution in [0.4, 0.5) is 11.4 Å². The van der Waals surface area contributed by atoms with Crippen LogP contribution in [-0.4, -0.2) is 4.92 Å². The van der Waals surface area contributed by atoms with Crippen LogP contribution in [0.25, 0.3) is 0 Å². The molecule has 0 unspecified atom stereocenters. The maximum absolute atomic E-state index is 10.8. The zero-order valence-corrected chi connectivity index (χ0v) is 11.7. The van der Waals surface area contributed by atoms with Crippen LogP contribution < -0.4 is 10.5 Å². The molecule has 2 rings (SSSR count). The van der Waals surface area contributed by atoms with E-state index in [2.05, 4.69) is 15.9 Å². The molecule has 19 heavy (non-hydrogen) atoms. The van der Waals surface area contributed by atoms with Crippen molar-refractivity contribution in [3.63, 3.8) is 0 Å². The normalized spacial score (nSPS) is 10.2. The van der Waals surface area contributed by atoms with E-state index in [1.54, 1.807) is 12.1 Å². The predicted molar refractivity (Wildman–Crippen MR) is 76.5 cm³/mol. The van der Waals surface area contributed by atoms with E-state index in [1.165, 1.54) is 12.1 Å². The number of nitrogen functional groups attached to an aromatic ring is 1. The van der Waals surface area contributed by atoms with Gasteiger partial charge in [0.1, 0.15) is 11.5 Å². The summed E-state index contributed by atoms with van der Waals surface area (Å²) in [7, 11) is 0. The van der Waals surface area contributed by atoms with Crippen LogP contribution in [-0.2, 0) is 0 Å². The van der Waals surface area contributed by atoms with Gasteiger partial charge in [-0.2, -0.15) is 0 Å². The molecule has 0 aliphatic heterocycles. The Morgan fingerprint density at radius 1 is 1.26 bits per heavy atom. The summed E-state index contributed by atoms with van der Waals surface area (Å²) in [6.45, 7) is 1.89. The minimum atomic E-state index is -0.503. The van der Waals surface area contributed by atoms with Gasteiger partial charge in [-0.3, -0.25) is 10.1 Å². The van der Waals surface area contributed by atoms with Gasteiger partial charge >= 0.3 is 0 Å². The Hall–Kier alpha value is -2.08. The monoisotopic (exact) mass is 322 g/mol. The quantitative estimate of drug-likeness (QED) is 0.525. The van der Waals surface area contributed by atoms with E-state index in [0.717, 1.165) is 10.0 Å². The molecule has 98 valence electrons. The number of nitro groups is 1. The van der Waals surface area contributed by atoms with Crippen LogP contribution in [0.1, 0.15) is 5.56 Å². The second-order valence-electron chi connectivity index (χ2n) is 4.03. The van der Waals surface area contributed by atoms with Crippen LogP contribution in [0.2, 0.25) is 0 Å². The molecule has 0 aromatic heterocycles. The molecule has 0 spiro atoms. The molecule has 0 saturated heterocycles. The topological polar surface area (TPSA) is 78.4 Å². The van der Waals surface area contributed by atoms with Crippen LogP contribution >= 0.6 is 15.9 Å². The number of aryl methyl sites for hydroxylation is 1. The van der Waals surface area contributed by atoms with E-state index in [-0.39, 0.29) is 11.4 Å². The Kier molecular flexibility index (Phi) is 3.71. The minimum absolute atomic E-state index is 0.0948. The molecular formula is C13H11BrN2O3. The van der Waals surface area contributed by atoms with Crippen molar-refractivity contribution < 1.29 is 9.66 Å². The van der Waals surface area contributed by atoms with Gasteiger partial charge in [0.05, 0.1) is 11.0 Å². The fourth-order valence-electron chi connectivity index (χ4n) is 1.58. The molecule has 0 amide bonds. The van der Waals surface area contributed by atoms with Gasteiger partial charge in [0.15, 0.2) is 0 Å². The number of ether oxygens (including phenoxy) is 1. The molecule has 0 fully saturated rings. The molecule has 0 bridgehead atoms. The molecule has 0 aliphatic carbocycles. The number of anilines is 1. The molecule has 2 aromatic carbocycles. The van der Waals surface area contributed by atoms with Gasteiger partial charge in [0, 0.05) is 22.3 Å². The minimum Gasteiger partial charge on any atom is -0.457 e. The molecule has 0 atom stereocenters. The number of nitrogens with zero attached hydrogens (tertiary/aromatic N) is 1. The van der Waals surface area contributed by atoms with Crippen LogP contribution in [0.5, 0.6) is 11.5 Å². The lowest BCUT2D eigenvalue weighted by molar-refractivity contribution is -0.384. The first-order valence-corrected chi connectivity index (χ1v) is 6.24. The van der Waals surface area contributed by atoms with E-state index < -0.39 is 4.92 Å². The van der Waals surface area contributed by atoms with Crippen molar-refractivity contribution in [1.82, 2.24) is 0 Å². The van der Waals surface area contributed by atoms with Gasteiger partial charge in [-0.15, -0.1) is 0 Å². The van der Waals surface area contributed by atoms with Gasteiger partial charge < -0.3 is 10.5 Å². The lowest BCUT2D eigenvalue weighted by atomic mass is 10.2. The number of hydrogen-bond acceptors (Lipinski definition) is 4. The van der Waals surface area contributed by atoms with Crippen molar-refractivity contribution in [2.24, 2.45) is 0 Å². The number of nitrogens with two attached hydrogens (primary N) is 1. The van der Waals surface area contributed by atoms with Gasteiger partial charge in [-0.1, -0.05) is 22.0 Å². The number of nitro benzene ring substituents is 1. The lowest BCUT2D eigenvalue weighted by Gasteiger charge is -2.09. The summed E-state index contributed by atoms with van der Waals surface area (Å²) in [6.07, 6.45) is 0. The molecule has 2 aromatic rings. The average molecular weight is 323 g/mol. The Labute approximate surface area is 118 Å². The van der Waals surface area contributed by atoms with E-state index in [4.69, 9.17) is 10.5 Å². The SMILES string of the molecule is Cc1ccc(Br)cc1Oc1cc(N)cc([N+](=O)[O-])c1. The highest BCUT2D eigenvalue weighted by Gasteiger charge is 2.11. The molecule has 0 heterocycles. The maximum Gasteiger partial charge on any atom is 0.275 e. The first-order valence-electron chi connectivity index (χ1n) is 5.44. The average Bonchev–Trinajstić information content (AvgIpc) is 2.33. The molecule has 0 saturated carbocycles. The molecular weight excluding hydrogens is 312 g/mol. The first-order chi connectivity index (χ1) is 8.95. The first kappa shape index (κ1) is 13.4. The largest absolute Gasteiger partial charge is 0.457 e. The third kappa shape index (κ3) is 3.23. The number of hydrogen-bond donors (Lipinski definition) is 1. The Morgan fingerprint density at radius 2 is 2.00 bits per heavy atom. The van der Waals surface area contributed by atoms with E-state index >= 15 is 0 Å².